The topological polar surface area (TPSA) is 46.5 Å². The largest absolute Gasteiger partial charge is 0.466 e. The van der Waals surface area contributed by atoms with Gasteiger partial charge < -0.3 is 9.84 Å². The molecule has 0 spiro atoms. The molecule has 1 N–H and O–H groups in total. The van der Waals surface area contributed by atoms with Crippen LogP contribution in [-0.2, 0) is 9.53 Å². The normalized spacial score (nSPS) is 10.3. The molecule has 0 rings (SSSR count). The smallest absolute Gasteiger partial charge is 0.305 e. The van der Waals surface area contributed by atoms with Crippen LogP contribution in [0.5, 0.6) is 0 Å². The van der Waals surface area contributed by atoms with Crippen LogP contribution in [0, 0.1) is 0 Å². The first-order valence-corrected chi connectivity index (χ1v) is 6.07. The summed E-state index contributed by atoms with van der Waals surface area (Å²) in [5.74, 6) is -0.0740. The summed E-state index contributed by atoms with van der Waals surface area (Å²) < 4.78 is 5.06. The van der Waals surface area contributed by atoms with Gasteiger partial charge in [0, 0.05) is 13.0 Å². The molecule has 0 saturated heterocycles. The fourth-order valence-electron chi connectivity index (χ4n) is 1.34. The molecule has 0 aromatic heterocycles. The van der Waals surface area contributed by atoms with Gasteiger partial charge >= 0.3 is 5.97 Å². The molecule has 15 heavy (non-hydrogen) atoms. The third-order valence-electron chi connectivity index (χ3n) is 2.30. The number of rotatable bonds is 10. The lowest BCUT2D eigenvalue weighted by molar-refractivity contribution is -0.143. The SMILES string of the molecule is CCCCCOC(=O)CCCCCCO. The van der Waals surface area contributed by atoms with Crippen molar-refractivity contribution >= 4 is 5.97 Å². The van der Waals surface area contributed by atoms with Crippen LogP contribution in [0.25, 0.3) is 0 Å². The highest BCUT2D eigenvalue weighted by Gasteiger charge is 2.01. The van der Waals surface area contributed by atoms with Crippen molar-refractivity contribution in [3.63, 3.8) is 0 Å². The Kier molecular flexibility index (Phi) is 11.1. The average molecular weight is 216 g/mol. The van der Waals surface area contributed by atoms with Crippen molar-refractivity contribution in [2.45, 2.75) is 58.3 Å². The Balaban J connectivity index is 3.11. The predicted octanol–water partition coefficient (Wildman–Crippen LogP) is 2.66. The quantitative estimate of drug-likeness (QED) is 0.451. The molecule has 0 unspecified atom stereocenters. The molecule has 0 heterocycles. The van der Waals surface area contributed by atoms with E-state index in [0.29, 0.717) is 13.0 Å². The number of carbonyl (C=O) groups is 1. The van der Waals surface area contributed by atoms with E-state index in [0.717, 1.165) is 44.9 Å². The standard InChI is InChI=1S/C12H24O3/c1-2-3-8-11-15-12(14)9-6-4-5-7-10-13/h13H,2-11H2,1H3. The predicted molar refractivity (Wildman–Crippen MR) is 60.7 cm³/mol. The summed E-state index contributed by atoms with van der Waals surface area (Å²) in [5, 5.41) is 8.55. The Hall–Kier alpha value is -0.570. The van der Waals surface area contributed by atoms with Crippen molar-refractivity contribution in [3.8, 4) is 0 Å². The van der Waals surface area contributed by atoms with E-state index in [1.807, 2.05) is 0 Å². The molecule has 0 bridgehead atoms. The molecule has 3 heteroatoms. The van der Waals surface area contributed by atoms with Crippen LogP contribution < -0.4 is 0 Å². The second-order valence-corrected chi connectivity index (χ2v) is 3.82. The van der Waals surface area contributed by atoms with Gasteiger partial charge in [0.15, 0.2) is 0 Å². The molecule has 0 atom stereocenters. The van der Waals surface area contributed by atoms with Crippen LogP contribution in [-0.4, -0.2) is 24.3 Å². The molecule has 0 fully saturated rings. The molecule has 0 aromatic carbocycles. The molecular formula is C12H24O3. The molecular weight excluding hydrogens is 192 g/mol. The van der Waals surface area contributed by atoms with Gasteiger partial charge in [-0.1, -0.05) is 32.6 Å². The highest BCUT2D eigenvalue weighted by Crippen LogP contribution is 2.04. The minimum absolute atomic E-state index is 0.0740. The highest BCUT2D eigenvalue weighted by atomic mass is 16.5. The molecule has 90 valence electrons. The average Bonchev–Trinajstić information content (AvgIpc) is 2.24. The zero-order valence-corrected chi connectivity index (χ0v) is 9.83. The summed E-state index contributed by atoms with van der Waals surface area (Å²) in [5.41, 5.74) is 0. The van der Waals surface area contributed by atoms with E-state index in [4.69, 9.17) is 9.84 Å². The molecule has 0 aliphatic heterocycles. The van der Waals surface area contributed by atoms with Crippen LogP contribution >= 0.6 is 0 Å². The molecule has 0 aliphatic carbocycles. The van der Waals surface area contributed by atoms with Gasteiger partial charge in [0.2, 0.25) is 0 Å². The van der Waals surface area contributed by atoms with Crippen molar-refractivity contribution < 1.29 is 14.6 Å². The number of carbonyl (C=O) groups excluding carboxylic acids is 1. The number of esters is 1. The summed E-state index contributed by atoms with van der Waals surface area (Å²) in [6, 6.07) is 0. The van der Waals surface area contributed by atoms with Crippen molar-refractivity contribution in [1.82, 2.24) is 0 Å². The summed E-state index contributed by atoms with van der Waals surface area (Å²) in [6.07, 6.45) is 7.51. The van der Waals surface area contributed by atoms with Gasteiger partial charge in [0.1, 0.15) is 0 Å². The summed E-state index contributed by atoms with van der Waals surface area (Å²) in [7, 11) is 0. The number of hydrogen-bond acceptors (Lipinski definition) is 3. The number of aliphatic hydroxyl groups excluding tert-OH is 1. The van der Waals surface area contributed by atoms with Crippen molar-refractivity contribution in [1.29, 1.82) is 0 Å². The van der Waals surface area contributed by atoms with Crippen molar-refractivity contribution in [2.75, 3.05) is 13.2 Å². The third-order valence-corrected chi connectivity index (χ3v) is 2.30. The first-order chi connectivity index (χ1) is 7.31. The van der Waals surface area contributed by atoms with Gasteiger partial charge in [-0.3, -0.25) is 4.79 Å². The second kappa shape index (κ2) is 11.5. The Morgan fingerprint density at radius 3 is 2.47 bits per heavy atom. The maximum Gasteiger partial charge on any atom is 0.305 e. The van der Waals surface area contributed by atoms with E-state index in [1.54, 1.807) is 0 Å². The van der Waals surface area contributed by atoms with E-state index in [9.17, 15) is 4.79 Å². The van der Waals surface area contributed by atoms with E-state index >= 15 is 0 Å². The minimum atomic E-state index is -0.0740. The number of ether oxygens (including phenoxy) is 1. The van der Waals surface area contributed by atoms with Crippen LogP contribution in [0.4, 0.5) is 0 Å². The molecule has 0 radical (unpaired) electrons. The summed E-state index contributed by atoms with van der Waals surface area (Å²) in [6.45, 7) is 2.95. The molecule has 0 amide bonds. The number of aliphatic hydroxyl groups is 1. The monoisotopic (exact) mass is 216 g/mol. The van der Waals surface area contributed by atoms with E-state index in [1.165, 1.54) is 0 Å². The van der Waals surface area contributed by atoms with Gasteiger partial charge in [0.05, 0.1) is 6.61 Å². The van der Waals surface area contributed by atoms with E-state index in [2.05, 4.69) is 6.92 Å². The second-order valence-electron chi connectivity index (χ2n) is 3.82. The Morgan fingerprint density at radius 1 is 1.07 bits per heavy atom. The Morgan fingerprint density at radius 2 is 1.80 bits per heavy atom. The van der Waals surface area contributed by atoms with E-state index < -0.39 is 0 Å². The van der Waals surface area contributed by atoms with Crippen molar-refractivity contribution in [3.05, 3.63) is 0 Å². The number of unbranched alkanes of at least 4 members (excludes halogenated alkanes) is 5. The van der Waals surface area contributed by atoms with Gasteiger partial charge in [-0.05, 0) is 19.3 Å². The van der Waals surface area contributed by atoms with Crippen LogP contribution in [0.2, 0.25) is 0 Å². The fraction of sp³-hybridized carbons (Fsp3) is 0.917. The van der Waals surface area contributed by atoms with Crippen LogP contribution in [0.15, 0.2) is 0 Å². The summed E-state index contributed by atoms with van der Waals surface area (Å²) >= 11 is 0. The summed E-state index contributed by atoms with van der Waals surface area (Å²) in [4.78, 5) is 11.2. The minimum Gasteiger partial charge on any atom is -0.466 e. The third kappa shape index (κ3) is 11.4. The van der Waals surface area contributed by atoms with Crippen LogP contribution in [0.3, 0.4) is 0 Å². The van der Waals surface area contributed by atoms with Gasteiger partial charge in [0.25, 0.3) is 0 Å². The zero-order valence-electron chi connectivity index (χ0n) is 9.83. The van der Waals surface area contributed by atoms with Gasteiger partial charge in [-0.2, -0.15) is 0 Å². The number of hydrogen-bond donors (Lipinski definition) is 1. The maximum atomic E-state index is 11.2. The first-order valence-electron chi connectivity index (χ1n) is 6.07. The highest BCUT2D eigenvalue weighted by molar-refractivity contribution is 5.69. The Bertz CT molecular complexity index is 146. The lowest BCUT2D eigenvalue weighted by Gasteiger charge is -2.03. The lowest BCUT2D eigenvalue weighted by Crippen LogP contribution is -2.05. The molecule has 0 aromatic rings. The lowest BCUT2D eigenvalue weighted by atomic mass is 10.1. The van der Waals surface area contributed by atoms with Gasteiger partial charge in [-0.25, -0.2) is 0 Å². The van der Waals surface area contributed by atoms with E-state index in [-0.39, 0.29) is 12.6 Å². The van der Waals surface area contributed by atoms with Crippen LogP contribution in [0.1, 0.15) is 58.3 Å². The molecule has 0 saturated carbocycles. The fourth-order valence-corrected chi connectivity index (χ4v) is 1.34. The first kappa shape index (κ1) is 14.4. The molecule has 3 nitrogen and oxygen atoms in total. The maximum absolute atomic E-state index is 11.2. The van der Waals surface area contributed by atoms with Gasteiger partial charge in [-0.15, -0.1) is 0 Å². The van der Waals surface area contributed by atoms with Crippen molar-refractivity contribution in [2.24, 2.45) is 0 Å². The zero-order chi connectivity index (χ0) is 11.4. The molecule has 0 aliphatic rings. The Labute approximate surface area is 92.8 Å².